The number of carbonyl (C=O) groups is 1. The third kappa shape index (κ3) is 2.75. The van der Waals surface area contributed by atoms with Crippen LogP contribution >= 0.6 is 11.6 Å². The SMILES string of the molecule is Cc1ccc(OCC(=O)Cl)c(C#N)c1. The Hall–Kier alpha value is -1.53. The van der Waals surface area contributed by atoms with Crippen LogP contribution in [0.4, 0.5) is 0 Å². The van der Waals surface area contributed by atoms with E-state index in [-0.39, 0.29) is 6.61 Å². The smallest absolute Gasteiger partial charge is 0.259 e. The van der Waals surface area contributed by atoms with Gasteiger partial charge in [0.2, 0.25) is 0 Å². The average Bonchev–Trinajstić information content (AvgIpc) is 2.15. The number of nitrogens with zero attached hydrogens (tertiary/aromatic N) is 1. The van der Waals surface area contributed by atoms with E-state index < -0.39 is 5.24 Å². The van der Waals surface area contributed by atoms with E-state index in [1.807, 2.05) is 13.0 Å². The fourth-order valence-corrected chi connectivity index (χ4v) is 1.05. The van der Waals surface area contributed by atoms with Crippen molar-refractivity contribution in [2.75, 3.05) is 6.61 Å². The summed E-state index contributed by atoms with van der Waals surface area (Å²) in [7, 11) is 0. The van der Waals surface area contributed by atoms with E-state index >= 15 is 0 Å². The van der Waals surface area contributed by atoms with Gasteiger partial charge in [0.05, 0.1) is 5.56 Å². The predicted molar refractivity (Wildman–Crippen MR) is 52.2 cm³/mol. The second-order valence-corrected chi connectivity index (χ2v) is 3.18. The minimum absolute atomic E-state index is 0.223. The van der Waals surface area contributed by atoms with Gasteiger partial charge in [-0.25, -0.2) is 0 Å². The number of aryl methyl sites for hydroxylation is 1. The first-order chi connectivity index (χ1) is 6.63. The minimum Gasteiger partial charge on any atom is -0.483 e. The number of ether oxygens (including phenoxy) is 1. The maximum Gasteiger partial charge on any atom is 0.259 e. The van der Waals surface area contributed by atoms with Crippen LogP contribution in [0.5, 0.6) is 5.75 Å². The third-order valence-electron chi connectivity index (χ3n) is 1.60. The lowest BCUT2D eigenvalue weighted by Crippen LogP contribution is -2.05. The Bertz CT molecular complexity index is 396. The molecule has 0 saturated heterocycles. The quantitative estimate of drug-likeness (QED) is 0.716. The van der Waals surface area contributed by atoms with Gasteiger partial charge < -0.3 is 4.74 Å². The molecular formula is C10H8ClNO2. The van der Waals surface area contributed by atoms with E-state index in [1.165, 1.54) is 0 Å². The molecule has 1 aromatic rings. The summed E-state index contributed by atoms with van der Waals surface area (Å²) in [5.74, 6) is 0.382. The summed E-state index contributed by atoms with van der Waals surface area (Å²) in [5.41, 5.74) is 1.37. The number of nitriles is 1. The molecule has 1 rings (SSSR count). The van der Waals surface area contributed by atoms with Crippen LogP contribution in [0.15, 0.2) is 18.2 Å². The number of carbonyl (C=O) groups excluding carboxylic acids is 1. The Balaban J connectivity index is 2.87. The molecular weight excluding hydrogens is 202 g/mol. The van der Waals surface area contributed by atoms with Gasteiger partial charge in [0.25, 0.3) is 5.24 Å². The number of hydrogen-bond acceptors (Lipinski definition) is 3. The van der Waals surface area contributed by atoms with Crippen LogP contribution in [0.3, 0.4) is 0 Å². The summed E-state index contributed by atoms with van der Waals surface area (Å²) in [5, 5.41) is 8.17. The van der Waals surface area contributed by atoms with Crippen molar-refractivity contribution in [2.24, 2.45) is 0 Å². The highest BCUT2D eigenvalue weighted by atomic mass is 35.5. The summed E-state index contributed by atoms with van der Waals surface area (Å²) >= 11 is 5.11. The lowest BCUT2D eigenvalue weighted by Gasteiger charge is -2.05. The summed E-state index contributed by atoms with van der Waals surface area (Å²) in [6.45, 7) is 1.65. The van der Waals surface area contributed by atoms with E-state index in [0.717, 1.165) is 5.56 Å². The molecule has 1 aromatic carbocycles. The number of rotatable bonds is 3. The number of hydrogen-bond donors (Lipinski definition) is 0. The average molecular weight is 210 g/mol. The molecule has 0 bridgehead atoms. The molecule has 0 N–H and O–H groups in total. The molecule has 0 spiro atoms. The van der Waals surface area contributed by atoms with Crippen LogP contribution in [0.1, 0.15) is 11.1 Å². The van der Waals surface area contributed by atoms with E-state index in [4.69, 9.17) is 21.6 Å². The zero-order valence-corrected chi connectivity index (χ0v) is 8.34. The first kappa shape index (κ1) is 10.6. The molecule has 0 heterocycles. The van der Waals surface area contributed by atoms with Gasteiger partial charge in [-0.1, -0.05) is 6.07 Å². The molecule has 0 radical (unpaired) electrons. The van der Waals surface area contributed by atoms with Gasteiger partial charge in [-0.05, 0) is 36.2 Å². The molecule has 0 atom stereocenters. The fraction of sp³-hybridized carbons (Fsp3) is 0.200. The van der Waals surface area contributed by atoms with Crippen molar-refractivity contribution < 1.29 is 9.53 Å². The summed E-state index contributed by atoms with van der Waals surface area (Å²) in [4.78, 5) is 10.4. The highest BCUT2D eigenvalue weighted by molar-refractivity contribution is 6.63. The minimum atomic E-state index is -0.588. The van der Waals surface area contributed by atoms with Crippen molar-refractivity contribution in [1.29, 1.82) is 5.26 Å². The Labute approximate surface area is 86.9 Å². The van der Waals surface area contributed by atoms with E-state index in [1.54, 1.807) is 18.2 Å². The van der Waals surface area contributed by atoms with Gasteiger partial charge in [0.1, 0.15) is 11.8 Å². The van der Waals surface area contributed by atoms with Crippen LogP contribution in [0.25, 0.3) is 0 Å². The highest BCUT2D eigenvalue weighted by Crippen LogP contribution is 2.18. The predicted octanol–water partition coefficient (Wildman–Crippen LogP) is 2.01. The molecule has 72 valence electrons. The molecule has 0 aromatic heterocycles. The molecule has 0 aliphatic rings. The summed E-state index contributed by atoms with van der Waals surface area (Å²) in [6, 6.07) is 7.12. The monoisotopic (exact) mass is 209 g/mol. The van der Waals surface area contributed by atoms with Gasteiger partial charge in [0.15, 0.2) is 6.61 Å². The molecule has 0 aliphatic heterocycles. The normalized spacial score (nSPS) is 9.21. The Morgan fingerprint density at radius 1 is 1.64 bits per heavy atom. The molecule has 0 fully saturated rings. The second kappa shape index (κ2) is 4.64. The van der Waals surface area contributed by atoms with Gasteiger partial charge in [-0.15, -0.1) is 0 Å². The van der Waals surface area contributed by atoms with E-state index in [0.29, 0.717) is 11.3 Å². The van der Waals surface area contributed by atoms with Crippen molar-refractivity contribution in [3.8, 4) is 11.8 Å². The number of benzene rings is 1. The van der Waals surface area contributed by atoms with Crippen LogP contribution in [-0.2, 0) is 4.79 Å². The standard InChI is InChI=1S/C10H8ClNO2/c1-7-2-3-9(8(4-7)5-12)14-6-10(11)13/h2-4H,6H2,1H3. The first-order valence-corrected chi connectivity index (χ1v) is 4.33. The van der Waals surface area contributed by atoms with Crippen LogP contribution in [0.2, 0.25) is 0 Å². The topological polar surface area (TPSA) is 50.1 Å². The molecule has 0 amide bonds. The van der Waals surface area contributed by atoms with Gasteiger partial charge >= 0.3 is 0 Å². The molecule has 0 unspecified atom stereocenters. The third-order valence-corrected chi connectivity index (χ3v) is 1.71. The number of halogens is 1. The van der Waals surface area contributed by atoms with E-state index in [2.05, 4.69) is 0 Å². The van der Waals surface area contributed by atoms with Crippen molar-refractivity contribution in [1.82, 2.24) is 0 Å². The lowest BCUT2D eigenvalue weighted by molar-refractivity contribution is -0.113. The van der Waals surface area contributed by atoms with Gasteiger partial charge in [-0.3, -0.25) is 4.79 Å². The Kier molecular flexibility index (Phi) is 3.49. The molecule has 3 nitrogen and oxygen atoms in total. The zero-order valence-electron chi connectivity index (χ0n) is 7.58. The molecule has 0 saturated carbocycles. The van der Waals surface area contributed by atoms with Gasteiger partial charge in [-0.2, -0.15) is 5.26 Å². The van der Waals surface area contributed by atoms with Crippen LogP contribution in [0, 0.1) is 18.3 Å². The van der Waals surface area contributed by atoms with Crippen molar-refractivity contribution >= 4 is 16.8 Å². The van der Waals surface area contributed by atoms with Gasteiger partial charge in [0, 0.05) is 0 Å². The maximum atomic E-state index is 10.4. The van der Waals surface area contributed by atoms with Crippen LogP contribution < -0.4 is 4.74 Å². The second-order valence-electron chi connectivity index (χ2n) is 2.76. The maximum absolute atomic E-state index is 10.4. The van der Waals surface area contributed by atoms with Crippen molar-refractivity contribution in [3.63, 3.8) is 0 Å². The Morgan fingerprint density at radius 3 is 2.93 bits per heavy atom. The molecule has 0 aliphatic carbocycles. The summed E-state index contributed by atoms with van der Waals surface area (Å²) in [6.07, 6.45) is 0. The zero-order chi connectivity index (χ0) is 10.6. The molecule has 14 heavy (non-hydrogen) atoms. The van der Waals surface area contributed by atoms with Crippen LogP contribution in [-0.4, -0.2) is 11.8 Å². The largest absolute Gasteiger partial charge is 0.483 e. The highest BCUT2D eigenvalue weighted by Gasteiger charge is 2.04. The molecule has 4 heteroatoms. The lowest BCUT2D eigenvalue weighted by atomic mass is 10.1. The van der Waals surface area contributed by atoms with E-state index in [9.17, 15) is 4.79 Å². The van der Waals surface area contributed by atoms with Crippen molar-refractivity contribution in [2.45, 2.75) is 6.92 Å². The summed E-state index contributed by atoms with van der Waals surface area (Å²) < 4.78 is 5.04. The fourth-order valence-electron chi connectivity index (χ4n) is 0.992. The van der Waals surface area contributed by atoms with Crippen molar-refractivity contribution in [3.05, 3.63) is 29.3 Å². The Morgan fingerprint density at radius 2 is 2.36 bits per heavy atom. The first-order valence-electron chi connectivity index (χ1n) is 3.95.